The van der Waals surface area contributed by atoms with E-state index >= 15 is 0 Å². The number of benzene rings is 3. The quantitative estimate of drug-likeness (QED) is 0.667. The molecular formula is C27H28N2O2. The molecule has 0 fully saturated rings. The maximum absolute atomic E-state index is 13.5. The molecule has 1 aliphatic heterocycles. The molecule has 3 aromatic carbocycles. The number of nitrogens with zero attached hydrogens (tertiary/aromatic N) is 1. The number of hydrogen-bond donors (Lipinski definition) is 1. The van der Waals surface area contributed by atoms with E-state index in [1.54, 1.807) is 4.90 Å². The van der Waals surface area contributed by atoms with Crippen molar-refractivity contribution < 1.29 is 9.59 Å². The number of aryl methyl sites for hydroxylation is 2. The maximum Gasteiger partial charge on any atom is 0.255 e. The van der Waals surface area contributed by atoms with Crippen LogP contribution in [-0.2, 0) is 24.3 Å². The van der Waals surface area contributed by atoms with Crippen molar-refractivity contribution in [2.45, 2.75) is 45.8 Å². The molecule has 0 saturated carbocycles. The normalized spacial score (nSPS) is 17.9. The SMILES string of the molecule is Cc1ccc(CNC(=O)C2(C)Cc3ccccc3C(=O)N2Cc2ccc(C)cc2)cc1. The third kappa shape index (κ3) is 4.24. The molecule has 1 heterocycles. The minimum atomic E-state index is -0.971. The molecule has 0 bridgehead atoms. The second-order valence-electron chi connectivity index (χ2n) is 8.65. The van der Waals surface area contributed by atoms with Crippen LogP contribution in [0.15, 0.2) is 72.8 Å². The van der Waals surface area contributed by atoms with Crippen LogP contribution in [0, 0.1) is 13.8 Å². The molecule has 4 heteroatoms. The summed E-state index contributed by atoms with van der Waals surface area (Å²) in [6.07, 6.45) is 0.487. The van der Waals surface area contributed by atoms with Crippen molar-refractivity contribution in [2.24, 2.45) is 0 Å². The summed E-state index contributed by atoms with van der Waals surface area (Å²) in [7, 11) is 0. The minimum absolute atomic E-state index is 0.101. The maximum atomic E-state index is 13.5. The van der Waals surface area contributed by atoms with E-state index in [2.05, 4.69) is 5.32 Å². The Labute approximate surface area is 183 Å². The summed E-state index contributed by atoms with van der Waals surface area (Å²) < 4.78 is 0. The monoisotopic (exact) mass is 412 g/mol. The average Bonchev–Trinajstić information content (AvgIpc) is 2.77. The van der Waals surface area contributed by atoms with Gasteiger partial charge in [0.2, 0.25) is 5.91 Å². The van der Waals surface area contributed by atoms with Gasteiger partial charge in [-0.1, -0.05) is 77.9 Å². The Kier molecular flexibility index (Phi) is 5.64. The predicted octanol–water partition coefficient (Wildman–Crippen LogP) is 4.58. The molecule has 4 rings (SSSR count). The van der Waals surface area contributed by atoms with Gasteiger partial charge in [0.15, 0.2) is 0 Å². The van der Waals surface area contributed by atoms with Crippen LogP contribution in [0.25, 0.3) is 0 Å². The van der Waals surface area contributed by atoms with E-state index in [0.29, 0.717) is 25.1 Å². The summed E-state index contributed by atoms with van der Waals surface area (Å²) in [5.41, 5.74) is 5.02. The van der Waals surface area contributed by atoms with E-state index in [1.807, 2.05) is 93.6 Å². The Hall–Kier alpha value is -3.40. The molecule has 1 atom stereocenters. The van der Waals surface area contributed by atoms with E-state index < -0.39 is 5.54 Å². The standard InChI is InChI=1S/C27H28N2O2/c1-19-8-12-21(13-9-19)17-28-26(31)27(3)16-23-6-4-5-7-24(23)25(30)29(27)18-22-14-10-20(2)11-15-22/h4-15H,16-18H2,1-3H3,(H,28,31). The summed E-state index contributed by atoms with van der Waals surface area (Å²) in [5, 5.41) is 3.07. The van der Waals surface area contributed by atoms with Gasteiger partial charge in [0.25, 0.3) is 5.91 Å². The Balaban J connectivity index is 1.63. The van der Waals surface area contributed by atoms with Crippen molar-refractivity contribution >= 4 is 11.8 Å². The van der Waals surface area contributed by atoms with Crippen molar-refractivity contribution in [3.8, 4) is 0 Å². The van der Waals surface area contributed by atoms with E-state index in [0.717, 1.165) is 22.3 Å². The summed E-state index contributed by atoms with van der Waals surface area (Å²) >= 11 is 0. The highest BCUT2D eigenvalue weighted by molar-refractivity contribution is 6.02. The van der Waals surface area contributed by atoms with Gasteiger partial charge in [-0.05, 0) is 43.5 Å². The molecule has 3 aromatic rings. The van der Waals surface area contributed by atoms with E-state index in [-0.39, 0.29) is 11.8 Å². The molecule has 1 N–H and O–H groups in total. The van der Waals surface area contributed by atoms with Crippen LogP contribution in [0.3, 0.4) is 0 Å². The van der Waals surface area contributed by atoms with Crippen LogP contribution in [0.1, 0.15) is 45.1 Å². The van der Waals surface area contributed by atoms with Gasteiger partial charge in [-0.3, -0.25) is 9.59 Å². The number of fused-ring (bicyclic) bond motifs is 1. The minimum Gasteiger partial charge on any atom is -0.350 e. The Bertz CT molecular complexity index is 1100. The zero-order valence-corrected chi connectivity index (χ0v) is 18.3. The van der Waals surface area contributed by atoms with Gasteiger partial charge in [0.1, 0.15) is 5.54 Å². The highest BCUT2D eigenvalue weighted by atomic mass is 16.2. The lowest BCUT2D eigenvalue weighted by Crippen LogP contribution is -2.62. The average molecular weight is 413 g/mol. The lowest BCUT2D eigenvalue weighted by Gasteiger charge is -2.44. The highest BCUT2D eigenvalue weighted by Gasteiger charge is 2.46. The lowest BCUT2D eigenvalue weighted by molar-refractivity contribution is -0.132. The first kappa shape index (κ1) is 20.9. The first-order valence-electron chi connectivity index (χ1n) is 10.7. The third-order valence-electron chi connectivity index (χ3n) is 6.15. The Morgan fingerprint density at radius 1 is 0.903 bits per heavy atom. The molecule has 0 spiro atoms. The number of carbonyl (C=O) groups excluding carboxylic acids is 2. The molecule has 31 heavy (non-hydrogen) atoms. The van der Waals surface area contributed by atoms with Gasteiger partial charge in [-0.15, -0.1) is 0 Å². The van der Waals surface area contributed by atoms with E-state index in [4.69, 9.17) is 0 Å². The second kappa shape index (κ2) is 8.38. The first-order chi connectivity index (χ1) is 14.9. The zero-order valence-electron chi connectivity index (χ0n) is 18.3. The molecule has 158 valence electrons. The fourth-order valence-corrected chi connectivity index (χ4v) is 4.12. The fourth-order valence-electron chi connectivity index (χ4n) is 4.12. The van der Waals surface area contributed by atoms with Crippen molar-refractivity contribution in [2.75, 3.05) is 0 Å². The predicted molar refractivity (Wildman–Crippen MR) is 123 cm³/mol. The molecule has 2 amide bonds. The van der Waals surface area contributed by atoms with Gasteiger partial charge < -0.3 is 10.2 Å². The topological polar surface area (TPSA) is 49.4 Å². The number of amides is 2. The summed E-state index contributed by atoms with van der Waals surface area (Å²) in [6.45, 7) is 6.77. The number of rotatable bonds is 5. The van der Waals surface area contributed by atoms with Crippen LogP contribution in [0.5, 0.6) is 0 Å². The first-order valence-corrected chi connectivity index (χ1v) is 10.7. The van der Waals surface area contributed by atoms with Crippen LogP contribution in [0.2, 0.25) is 0 Å². The summed E-state index contributed by atoms with van der Waals surface area (Å²) in [4.78, 5) is 28.7. The molecule has 1 unspecified atom stereocenters. The molecule has 1 aliphatic rings. The smallest absolute Gasteiger partial charge is 0.255 e. The summed E-state index contributed by atoms with van der Waals surface area (Å²) in [5.74, 6) is -0.238. The van der Waals surface area contributed by atoms with Crippen LogP contribution in [-0.4, -0.2) is 22.3 Å². The van der Waals surface area contributed by atoms with Crippen molar-refractivity contribution in [3.63, 3.8) is 0 Å². The molecule has 0 aliphatic carbocycles. The van der Waals surface area contributed by atoms with Crippen LogP contribution in [0.4, 0.5) is 0 Å². The number of carbonyl (C=O) groups is 2. The largest absolute Gasteiger partial charge is 0.350 e. The van der Waals surface area contributed by atoms with Crippen molar-refractivity contribution in [1.82, 2.24) is 10.2 Å². The molecule has 0 aromatic heterocycles. The van der Waals surface area contributed by atoms with Crippen molar-refractivity contribution in [3.05, 3.63) is 106 Å². The zero-order chi connectivity index (χ0) is 22.0. The number of hydrogen-bond acceptors (Lipinski definition) is 2. The third-order valence-corrected chi connectivity index (χ3v) is 6.15. The molecule has 0 saturated heterocycles. The lowest BCUT2D eigenvalue weighted by atomic mass is 9.82. The van der Waals surface area contributed by atoms with Crippen molar-refractivity contribution in [1.29, 1.82) is 0 Å². The molecule has 4 nitrogen and oxygen atoms in total. The van der Waals surface area contributed by atoms with Gasteiger partial charge >= 0.3 is 0 Å². The van der Waals surface area contributed by atoms with Crippen LogP contribution < -0.4 is 5.32 Å². The molecular weight excluding hydrogens is 384 g/mol. The Morgan fingerprint density at radius 3 is 2.13 bits per heavy atom. The van der Waals surface area contributed by atoms with E-state index in [9.17, 15) is 9.59 Å². The van der Waals surface area contributed by atoms with Gasteiger partial charge in [0, 0.05) is 25.1 Å². The second-order valence-corrected chi connectivity index (χ2v) is 8.65. The molecule has 0 radical (unpaired) electrons. The number of nitrogens with one attached hydrogen (secondary N) is 1. The highest BCUT2D eigenvalue weighted by Crippen LogP contribution is 2.33. The van der Waals surface area contributed by atoms with E-state index in [1.165, 1.54) is 5.56 Å². The van der Waals surface area contributed by atoms with Gasteiger partial charge in [-0.2, -0.15) is 0 Å². The fraction of sp³-hybridized carbons (Fsp3) is 0.259. The van der Waals surface area contributed by atoms with Crippen LogP contribution >= 0.6 is 0 Å². The van der Waals surface area contributed by atoms with Gasteiger partial charge in [-0.25, -0.2) is 0 Å². The summed E-state index contributed by atoms with van der Waals surface area (Å²) in [6, 6.07) is 23.8. The Morgan fingerprint density at radius 2 is 1.48 bits per heavy atom. The van der Waals surface area contributed by atoms with Gasteiger partial charge in [0.05, 0.1) is 0 Å².